The molecule has 2 aliphatic rings. The van der Waals surface area contributed by atoms with Crippen LogP contribution in [-0.4, -0.2) is 28.8 Å². The molecule has 4 nitrogen and oxygen atoms in total. The fourth-order valence-corrected chi connectivity index (χ4v) is 4.09. The summed E-state index contributed by atoms with van der Waals surface area (Å²) in [6.07, 6.45) is 5.27. The largest absolute Gasteiger partial charge is 0.382 e. The van der Waals surface area contributed by atoms with Gasteiger partial charge in [0.25, 0.3) is 0 Å². The van der Waals surface area contributed by atoms with E-state index in [9.17, 15) is 4.39 Å². The number of benzene rings is 1. The molecule has 0 bridgehead atoms. The number of nitrogens with two attached hydrogens (primary N) is 1. The first-order valence-corrected chi connectivity index (χ1v) is 9.28. The second kappa shape index (κ2) is 6.95. The number of fused-ring (bicyclic) bond motifs is 1. The maximum Gasteiger partial charge on any atom is 0.149 e. The minimum atomic E-state index is -0.310. The van der Waals surface area contributed by atoms with Crippen molar-refractivity contribution in [3.63, 3.8) is 0 Å². The van der Waals surface area contributed by atoms with E-state index in [2.05, 4.69) is 28.6 Å². The molecule has 140 valence electrons. The first-order chi connectivity index (χ1) is 12.2. The number of amidine groups is 1. The summed E-state index contributed by atoms with van der Waals surface area (Å²) in [4.78, 5) is 8.55. The molecule has 2 N–H and O–H groups in total. The van der Waals surface area contributed by atoms with Crippen LogP contribution in [0.5, 0.6) is 0 Å². The highest BCUT2D eigenvalue weighted by Gasteiger charge is 2.36. The fourth-order valence-electron chi connectivity index (χ4n) is 3.81. The standard InChI is InChI=1S/C20H26ClFN4/c1-11(2)8-15-12(3)18(22)16(21)9-14(15)10-17-25(5)13(4)19-20(23)24-6-7-26(17)19/h6-7,9,11,17H,8,10H2,1-5H3,(H2,23,24). The summed E-state index contributed by atoms with van der Waals surface area (Å²) >= 11 is 6.17. The van der Waals surface area contributed by atoms with E-state index >= 15 is 0 Å². The van der Waals surface area contributed by atoms with Crippen LogP contribution in [0, 0.1) is 18.7 Å². The van der Waals surface area contributed by atoms with E-state index < -0.39 is 0 Å². The van der Waals surface area contributed by atoms with Crippen molar-refractivity contribution in [3.8, 4) is 0 Å². The van der Waals surface area contributed by atoms with Gasteiger partial charge in [0, 0.05) is 31.6 Å². The number of hydrogen-bond acceptors (Lipinski definition) is 4. The Morgan fingerprint density at radius 2 is 2.04 bits per heavy atom. The van der Waals surface area contributed by atoms with E-state index in [-0.39, 0.29) is 17.0 Å². The van der Waals surface area contributed by atoms with Gasteiger partial charge in [-0.25, -0.2) is 9.38 Å². The lowest BCUT2D eigenvalue weighted by molar-refractivity contribution is 0.209. The van der Waals surface area contributed by atoms with Crippen molar-refractivity contribution >= 4 is 17.4 Å². The van der Waals surface area contributed by atoms with Crippen molar-refractivity contribution in [1.82, 2.24) is 9.80 Å². The molecule has 0 saturated heterocycles. The molecule has 1 unspecified atom stereocenters. The third kappa shape index (κ3) is 3.09. The predicted molar refractivity (Wildman–Crippen MR) is 105 cm³/mol. The Bertz CT molecular complexity index is 826. The number of rotatable bonds is 4. The van der Waals surface area contributed by atoms with Crippen molar-refractivity contribution < 1.29 is 4.39 Å². The lowest BCUT2D eigenvalue weighted by atomic mass is 9.91. The molecule has 3 rings (SSSR count). The Hall–Kier alpha value is -2.01. The zero-order valence-corrected chi connectivity index (χ0v) is 16.7. The molecule has 0 saturated carbocycles. The highest BCUT2D eigenvalue weighted by molar-refractivity contribution is 6.30. The molecule has 0 aliphatic carbocycles. The van der Waals surface area contributed by atoms with Gasteiger partial charge < -0.3 is 15.5 Å². The minimum absolute atomic E-state index is 0.0575. The van der Waals surface area contributed by atoms with Gasteiger partial charge in [0.1, 0.15) is 23.5 Å². The summed E-state index contributed by atoms with van der Waals surface area (Å²) in [7, 11) is 2.05. The van der Waals surface area contributed by atoms with Crippen LogP contribution in [0.2, 0.25) is 5.02 Å². The number of halogens is 2. The van der Waals surface area contributed by atoms with E-state index in [1.54, 1.807) is 12.3 Å². The lowest BCUT2D eigenvalue weighted by Crippen LogP contribution is -2.40. The minimum Gasteiger partial charge on any atom is -0.382 e. The van der Waals surface area contributed by atoms with Crippen LogP contribution in [0.15, 0.2) is 34.9 Å². The van der Waals surface area contributed by atoms with Gasteiger partial charge in [-0.3, -0.25) is 0 Å². The van der Waals surface area contributed by atoms with Gasteiger partial charge in [-0.15, -0.1) is 0 Å². The van der Waals surface area contributed by atoms with Gasteiger partial charge in [-0.05, 0) is 48.9 Å². The zero-order valence-electron chi connectivity index (χ0n) is 16.0. The van der Waals surface area contributed by atoms with Crippen molar-refractivity contribution in [2.75, 3.05) is 7.05 Å². The first-order valence-electron chi connectivity index (χ1n) is 8.91. The molecule has 0 amide bonds. The number of hydrogen-bond donors (Lipinski definition) is 1. The van der Waals surface area contributed by atoms with Crippen molar-refractivity contribution in [1.29, 1.82) is 0 Å². The molecule has 1 aromatic carbocycles. The number of aliphatic imine (C=N–C) groups is 1. The number of likely N-dealkylation sites (N-methyl/N-ethyl adjacent to an activating group) is 1. The number of nitrogens with zero attached hydrogens (tertiary/aromatic N) is 3. The molecule has 2 heterocycles. The quantitative estimate of drug-likeness (QED) is 0.857. The van der Waals surface area contributed by atoms with Gasteiger partial charge in [0.2, 0.25) is 0 Å². The molecule has 0 spiro atoms. The average molecular weight is 377 g/mol. The Morgan fingerprint density at radius 3 is 2.69 bits per heavy atom. The topological polar surface area (TPSA) is 44.9 Å². The van der Waals surface area contributed by atoms with Crippen LogP contribution in [0.25, 0.3) is 0 Å². The van der Waals surface area contributed by atoms with Crippen molar-refractivity contribution in [3.05, 3.63) is 57.4 Å². The smallest absolute Gasteiger partial charge is 0.149 e. The molecular formula is C20H26ClFN4. The number of allylic oxidation sites excluding steroid dienone is 1. The van der Waals surface area contributed by atoms with Crippen LogP contribution in [0.3, 0.4) is 0 Å². The van der Waals surface area contributed by atoms with Crippen LogP contribution in [0.1, 0.15) is 37.5 Å². The van der Waals surface area contributed by atoms with Gasteiger partial charge in [0.05, 0.1) is 5.02 Å². The molecule has 2 aliphatic heterocycles. The van der Waals surface area contributed by atoms with Crippen molar-refractivity contribution in [2.24, 2.45) is 16.6 Å². The van der Waals surface area contributed by atoms with Crippen LogP contribution in [-0.2, 0) is 12.8 Å². The van der Waals surface area contributed by atoms with E-state index in [0.29, 0.717) is 17.3 Å². The average Bonchev–Trinajstić information content (AvgIpc) is 2.82. The molecule has 1 aromatic rings. The summed E-state index contributed by atoms with van der Waals surface area (Å²) in [6, 6.07) is 1.79. The van der Waals surface area contributed by atoms with E-state index in [1.807, 2.05) is 27.1 Å². The first kappa shape index (κ1) is 18.8. The fraction of sp³-hybridized carbons (Fsp3) is 0.450. The zero-order chi connectivity index (χ0) is 19.2. The highest BCUT2D eigenvalue weighted by atomic mass is 35.5. The molecule has 0 fully saturated rings. The maximum absolute atomic E-state index is 14.4. The van der Waals surface area contributed by atoms with Crippen molar-refractivity contribution in [2.45, 2.75) is 46.7 Å². The Morgan fingerprint density at radius 1 is 1.35 bits per heavy atom. The molecule has 6 heteroatoms. The summed E-state index contributed by atoms with van der Waals surface area (Å²) < 4.78 is 14.4. The maximum atomic E-state index is 14.4. The molecule has 0 radical (unpaired) electrons. The summed E-state index contributed by atoms with van der Waals surface area (Å²) in [5.74, 6) is 0.646. The lowest BCUT2D eigenvalue weighted by Gasteiger charge is -2.32. The normalized spacial score (nSPS) is 19.5. The molecule has 26 heavy (non-hydrogen) atoms. The van der Waals surface area contributed by atoms with E-state index in [4.69, 9.17) is 17.3 Å². The SMILES string of the molecule is CC1=C2C(N)=NC=CN2C(Cc2cc(Cl)c(F)c(C)c2CC(C)C)N1C. The third-order valence-corrected chi connectivity index (χ3v) is 5.55. The van der Waals surface area contributed by atoms with E-state index in [1.165, 1.54) is 0 Å². The van der Waals surface area contributed by atoms with Crippen LogP contribution in [0.4, 0.5) is 4.39 Å². The molecule has 1 atom stereocenters. The molecular weight excluding hydrogens is 351 g/mol. The van der Waals surface area contributed by atoms with Crippen LogP contribution < -0.4 is 5.73 Å². The summed E-state index contributed by atoms with van der Waals surface area (Å²) in [5.41, 5.74) is 10.9. The Kier molecular flexibility index (Phi) is 5.02. The second-order valence-electron chi connectivity index (χ2n) is 7.48. The Labute approximate surface area is 159 Å². The Balaban J connectivity index is 2.00. The highest BCUT2D eigenvalue weighted by Crippen LogP contribution is 2.35. The summed E-state index contributed by atoms with van der Waals surface area (Å²) in [5, 5.41) is 0.186. The predicted octanol–water partition coefficient (Wildman–Crippen LogP) is 4.18. The van der Waals surface area contributed by atoms with Gasteiger partial charge >= 0.3 is 0 Å². The summed E-state index contributed by atoms with van der Waals surface area (Å²) in [6.45, 7) is 8.15. The van der Waals surface area contributed by atoms with Gasteiger partial charge in [0.15, 0.2) is 0 Å². The monoisotopic (exact) mass is 376 g/mol. The third-order valence-electron chi connectivity index (χ3n) is 5.28. The van der Waals surface area contributed by atoms with Gasteiger partial charge in [-0.2, -0.15) is 0 Å². The second-order valence-corrected chi connectivity index (χ2v) is 7.89. The van der Waals surface area contributed by atoms with Crippen LogP contribution >= 0.6 is 11.6 Å². The van der Waals surface area contributed by atoms with E-state index in [0.717, 1.165) is 35.4 Å². The van der Waals surface area contributed by atoms with Gasteiger partial charge in [-0.1, -0.05) is 25.4 Å². The molecule has 0 aromatic heterocycles.